The minimum absolute atomic E-state index is 0.395. The number of azide groups is 1. The molecule has 6 aliphatic rings. The van der Waals surface area contributed by atoms with E-state index < -0.39 is 214 Å². The third kappa shape index (κ3) is 14.8. The molecule has 18 atom stereocenters. The molecule has 0 aromatic rings. The van der Waals surface area contributed by atoms with Crippen LogP contribution < -0.4 is 16.0 Å². The number of fused-ring (bicyclic) bond motifs is 3. The number of rotatable bonds is 24. The van der Waals surface area contributed by atoms with Gasteiger partial charge in [0.2, 0.25) is 0 Å². The lowest BCUT2D eigenvalue weighted by atomic mass is 9.85. The maximum atomic E-state index is 14.3. The average Bonchev–Trinajstić information content (AvgIpc) is 2.78. The van der Waals surface area contributed by atoms with Crippen LogP contribution in [0.3, 0.4) is 0 Å². The van der Waals surface area contributed by atoms with Crippen LogP contribution >= 0.6 is 0 Å². The van der Waals surface area contributed by atoms with Crippen LogP contribution in [0.15, 0.2) is 5.11 Å². The Hall–Kier alpha value is -7.36. The van der Waals surface area contributed by atoms with Crippen molar-refractivity contribution in [1.29, 1.82) is 0 Å². The molecule has 6 aliphatic heterocycles. The van der Waals surface area contributed by atoms with Gasteiger partial charge < -0.3 is 96.5 Å². The summed E-state index contributed by atoms with van der Waals surface area (Å²) in [6.07, 6.45) is -23.0. The molecule has 82 heavy (non-hydrogen) atoms. The lowest BCUT2D eigenvalue weighted by Crippen LogP contribution is -2.68. The standard InChI is InChI=1S/C46H62N6O28.C2H6/c1-11-18(2)32(72-21(5)55)35-29-24(75-41(61)49-29)12-44(78-35,38(58)64-8)67-15-27(70-19(3)53)33(73-22(6)56)36-30-25(76-42(62)50-30)13-45(79-36,39(59)65-9)68-16-28(71-20(4)54)34(74-23(7)57)37-31-26(77-43(63)51-31)14-46(80-37,40(60)66-10)69-17-48-52-47;1-2/h18,24-37H,11-17H2,1-10H3,(H,49,61)(H,50,62)(H,51,63);1-2H3/t18-,24?,25-,26-,27-,28-,29-,30-,31-,32-,33-,34-,35-,36-,37-,44?,45?,46?;/m1./s1. The summed E-state index contributed by atoms with van der Waals surface area (Å²) in [6, 6.07) is -3.83. The zero-order valence-electron chi connectivity index (χ0n) is 46.9. The molecule has 3 N–H and O–H groups in total. The summed E-state index contributed by atoms with van der Waals surface area (Å²) in [5.74, 6) is -17.5. The van der Waals surface area contributed by atoms with Gasteiger partial charge in [-0.15, -0.1) is 0 Å². The molecule has 0 spiro atoms. The molecule has 0 aromatic heterocycles. The summed E-state index contributed by atoms with van der Waals surface area (Å²) in [5, 5.41) is 10.8. The SMILES string of the molecule is CC.CC[C@@H](C)[C@@H](OC(C)=O)[C@@H]1OC(OC[C@@H](OC(C)=O)[C@@H](OC(C)=O)[C@@H]2OC(OC[C@@H](OC(C)=O)[C@@H](OC(C)=O)[C@@H]3OC(OCN=[N+]=[N-])(C(=O)OC)C[C@H]4OC(=O)N[C@@H]34)(C(=O)OC)C[C@H]3OC(=O)N[C@@H]23)(C(=O)OC)CC2OC(=O)N[C@H]21. The highest BCUT2D eigenvalue weighted by molar-refractivity contribution is 5.81. The van der Waals surface area contributed by atoms with Crippen LogP contribution in [0.2, 0.25) is 0 Å². The zero-order valence-corrected chi connectivity index (χ0v) is 46.9. The number of alkyl carbamates (subject to hydrolysis) is 3. The minimum Gasteiger partial charge on any atom is -0.465 e. The number of carbonyl (C=O) groups excluding carboxylic acids is 11. The third-order valence-corrected chi connectivity index (χ3v) is 13.6. The molecular weight excluding hydrogens is 1110 g/mol. The first-order chi connectivity index (χ1) is 38.8. The molecule has 4 unspecified atom stereocenters. The van der Waals surface area contributed by atoms with Crippen LogP contribution in [-0.2, 0) is 119 Å². The van der Waals surface area contributed by atoms with Gasteiger partial charge in [0, 0.05) is 39.5 Å². The molecule has 458 valence electrons. The Morgan fingerprint density at radius 2 is 0.854 bits per heavy atom. The van der Waals surface area contributed by atoms with Gasteiger partial charge in [-0.2, -0.15) is 0 Å². The van der Waals surface area contributed by atoms with Crippen molar-refractivity contribution in [1.82, 2.24) is 16.0 Å². The van der Waals surface area contributed by atoms with Gasteiger partial charge in [0.05, 0.1) is 71.9 Å². The number of carbonyl (C=O) groups is 11. The van der Waals surface area contributed by atoms with Crippen LogP contribution in [0.4, 0.5) is 14.4 Å². The fourth-order valence-corrected chi connectivity index (χ4v) is 10.2. The molecule has 6 saturated heterocycles. The van der Waals surface area contributed by atoms with E-state index >= 15 is 0 Å². The molecule has 6 rings (SSSR count). The summed E-state index contributed by atoms with van der Waals surface area (Å²) >= 11 is 0. The van der Waals surface area contributed by atoms with E-state index in [9.17, 15) is 52.7 Å². The van der Waals surface area contributed by atoms with Crippen molar-refractivity contribution in [2.75, 3.05) is 41.3 Å². The van der Waals surface area contributed by atoms with E-state index in [0.717, 1.165) is 55.9 Å². The Balaban J connectivity index is 0.00000609. The van der Waals surface area contributed by atoms with Crippen LogP contribution in [-0.4, -0.2) is 210 Å². The maximum absolute atomic E-state index is 14.3. The lowest BCUT2D eigenvalue weighted by molar-refractivity contribution is -0.327. The van der Waals surface area contributed by atoms with Gasteiger partial charge in [-0.25, -0.2) is 28.8 Å². The predicted octanol–water partition coefficient (Wildman–Crippen LogP) is 0.440. The van der Waals surface area contributed by atoms with Crippen LogP contribution in [0, 0.1) is 5.92 Å². The first-order valence-electron chi connectivity index (χ1n) is 25.8. The topological polar surface area (TPSA) is 430 Å². The number of nitrogens with one attached hydrogen (secondary N) is 3. The quantitative estimate of drug-likeness (QED) is 0.0388. The van der Waals surface area contributed by atoms with Gasteiger partial charge in [-0.3, -0.25) is 24.0 Å². The van der Waals surface area contributed by atoms with Gasteiger partial charge in [0.15, 0.2) is 24.4 Å². The number of amides is 3. The largest absolute Gasteiger partial charge is 0.465 e. The van der Waals surface area contributed by atoms with E-state index in [1.807, 2.05) is 13.8 Å². The van der Waals surface area contributed by atoms with E-state index in [0.29, 0.717) is 6.42 Å². The number of hydrogen-bond acceptors (Lipinski definition) is 29. The van der Waals surface area contributed by atoms with Crippen molar-refractivity contribution < 1.29 is 133 Å². The maximum Gasteiger partial charge on any atom is 0.407 e. The number of nitrogens with zero attached hydrogens (tertiary/aromatic N) is 3. The molecule has 0 radical (unpaired) electrons. The summed E-state index contributed by atoms with van der Waals surface area (Å²) < 4.78 is 97.2. The van der Waals surface area contributed by atoms with Gasteiger partial charge in [-0.05, 0) is 17.9 Å². The van der Waals surface area contributed by atoms with Crippen molar-refractivity contribution in [3.8, 4) is 0 Å². The second-order valence-electron chi connectivity index (χ2n) is 19.0. The van der Waals surface area contributed by atoms with E-state index in [-0.39, 0.29) is 0 Å². The highest BCUT2D eigenvalue weighted by Crippen LogP contribution is 2.43. The predicted molar refractivity (Wildman–Crippen MR) is 260 cm³/mol. The lowest BCUT2D eigenvalue weighted by Gasteiger charge is -2.48. The first-order valence-corrected chi connectivity index (χ1v) is 25.8. The molecule has 0 bridgehead atoms. The minimum atomic E-state index is -2.87. The Kier molecular flexibility index (Phi) is 22.4. The summed E-state index contributed by atoms with van der Waals surface area (Å²) in [5.41, 5.74) is 8.97. The number of hydrogen-bond donors (Lipinski definition) is 3. The Morgan fingerprint density at radius 1 is 0.549 bits per heavy atom. The highest BCUT2D eigenvalue weighted by atomic mass is 16.8. The molecule has 34 heteroatoms. The highest BCUT2D eigenvalue weighted by Gasteiger charge is 2.65. The van der Waals surface area contributed by atoms with E-state index in [4.69, 9.17) is 86.1 Å². The van der Waals surface area contributed by atoms with Crippen LogP contribution in [0.1, 0.15) is 88.0 Å². The van der Waals surface area contributed by atoms with Crippen molar-refractivity contribution in [3.63, 3.8) is 0 Å². The summed E-state index contributed by atoms with van der Waals surface area (Å²) in [4.78, 5) is 148. The van der Waals surface area contributed by atoms with Gasteiger partial charge in [-0.1, -0.05) is 32.8 Å². The first kappa shape index (κ1) is 65.5. The molecule has 34 nitrogen and oxygen atoms in total. The second-order valence-corrected chi connectivity index (χ2v) is 19.0. The Bertz CT molecular complexity index is 2460. The van der Waals surface area contributed by atoms with E-state index in [1.54, 1.807) is 13.8 Å². The summed E-state index contributed by atoms with van der Waals surface area (Å²) in [7, 11) is 2.81. The zero-order chi connectivity index (χ0) is 61.0. The van der Waals surface area contributed by atoms with Crippen molar-refractivity contribution >= 4 is 66.0 Å². The average molecular weight is 1180 g/mol. The van der Waals surface area contributed by atoms with Gasteiger partial charge in [0.25, 0.3) is 17.4 Å². The molecular formula is C48H68N6O28. The van der Waals surface area contributed by atoms with E-state index in [2.05, 4.69) is 26.0 Å². The molecule has 0 aliphatic carbocycles. The molecule has 3 amide bonds. The third-order valence-electron chi connectivity index (χ3n) is 13.6. The number of ether oxygens (including phenoxy) is 17. The number of esters is 8. The van der Waals surface area contributed by atoms with Gasteiger partial charge in [0.1, 0.15) is 49.5 Å². The van der Waals surface area contributed by atoms with Gasteiger partial charge >= 0.3 is 66.0 Å². The van der Waals surface area contributed by atoms with E-state index in [1.165, 1.54) is 0 Å². The van der Waals surface area contributed by atoms with Crippen LogP contribution in [0.25, 0.3) is 10.4 Å². The summed E-state index contributed by atoms with van der Waals surface area (Å²) in [6.45, 7) is 9.36. The van der Waals surface area contributed by atoms with Crippen molar-refractivity contribution in [3.05, 3.63) is 10.4 Å². The smallest absolute Gasteiger partial charge is 0.407 e. The molecule has 0 saturated carbocycles. The monoisotopic (exact) mass is 1180 g/mol. The van der Waals surface area contributed by atoms with Crippen molar-refractivity contribution in [2.45, 2.75) is 191 Å². The Labute approximate surface area is 467 Å². The molecule has 6 heterocycles. The Morgan fingerprint density at radius 3 is 1.15 bits per heavy atom. The fraction of sp³-hybridized carbons (Fsp3) is 0.771. The molecule has 6 fully saturated rings. The second kappa shape index (κ2) is 28.1. The normalized spacial score (nSPS) is 31.5. The molecule has 0 aromatic carbocycles. The number of methoxy groups -OCH3 is 3. The van der Waals surface area contributed by atoms with Crippen LogP contribution in [0.5, 0.6) is 0 Å². The fourth-order valence-electron chi connectivity index (χ4n) is 10.2. The van der Waals surface area contributed by atoms with Crippen molar-refractivity contribution in [2.24, 2.45) is 11.0 Å².